The molecule has 1 atom stereocenters. The van der Waals surface area contributed by atoms with E-state index in [2.05, 4.69) is 80.4 Å². The van der Waals surface area contributed by atoms with Crippen LogP contribution in [0.4, 0.5) is 4.39 Å². The number of carbonyl (C=O) groups excluding carboxylic acids is 1. The van der Waals surface area contributed by atoms with Crippen molar-refractivity contribution in [3.05, 3.63) is 150 Å². The maximum absolute atomic E-state index is 14.3. The van der Waals surface area contributed by atoms with E-state index in [1.165, 1.54) is 34.3 Å². The summed E-state index contributed by atoms with van der Waals surface area (Å²) in [6, 6.07) is 33.1. The zero-order chi connectivity index (χ0) is 35.5. The monoisotopic (exact) mass is 702 g/mol. The Morgan fingerprint density at radius 3 is 2.10 bits per heavy atom. The van der Waals surface area contributed by atoms with Gasteiger partial charge in [-0.2, -0.15) is 0 Å². The van der Waals surface area contributed by atoms with Crippen LogP contribution in [0.25, 0.3) is 11.8 Å². The second-order valence-electron chi connectivity index (χ2n) is 13.6. The number of rotatable bonds is 10. The van der Waals surface area contributed by atoms with Gasteiger partial charge in [0.15, 0.2) is 5.17 Å². The highest BCUT2D eigenvalue weighted by Crippen LogP contribution is 2.39. The maximum Gasteiger partial charge on any atom is 0.279 e. The number of imidazole rings is 1. The molecule has 256 valence electrons. The number of amidine groups is 1. The maximum atomic E-state index is 14.3. The lowest BCUT2D eigenvalue weighted by Gasteiger charge is -2.43. The third kappa shape index (κ3) is 7.03. The van der Waals surface area contributed by atoms with Crippen molar-refractivity contribution in [2.24, 2.45) is 4.99 Å². The minimum atomic E-state index is -2.82. The molecule has 9 heteroatoms. The molecular weight excluding hydrogens is 660 g/mol. The summed E-state index contributed by atoms with van der Waals surface area (Å²) in [6.45, 7) is 11.1. The average molecular weight is 703 g/mol. The zero-order valence-electron chi connectivity index (χ0n) is 29.4. The predicted molar refractivity (Wildman–Crippen MR) is 206 cm³/mol. The molecule has 0 saturated carbocycles. The Morgan fingerprint density at radius 2 is 1.56 bits per heavy atom. The summed E-state index contributed by atoms with van der Waals surface area (Å²) < 4.78 is 23.4. The largest absolute Gasteiger partial charge is 0.407 e. The molecule has 5 aromatic rings. The normalized spacial score (nSPS) is 15.1. The Bertz CT molecular complexity index is 1980. The SMILES string of the molecule is CSC1=N/C(=C\c2ccc(-n3cnc(C)c3)c(C)c2)C(=O)N1[C@H](CCO[Si](c1ccccc1)(c1ccccc1)C(C)(C)C)c1ccc(F)cc1. The molecule has 0 N–H and O–H groups in total. The van der Waals surface area contributed by atoms with Crippen LogP contribution in [0.15, 0.2) is 126 Å². The first-order valence-corrected chi connectivity index (χ1v) is 19.9. The van der Waals surface area contributed by atoms with Crippen LogP contribution in [-0.4, -0.2) is 46.7 Å². The van der Waals surface area contributed by atoms with Crippen LogP contribution in [-0.2, 0) is 9.22 Å². The third-order valence-corrected chi connectivity index (χ3v) is 14.9. The number of halogens is 1. The van der Waals surface area contributed by atoms with Gasteiger partial charge in [0.2, 0.25) is 0 Å². The van der Waals surface area contributed by atoms with Crippen LogP contribution >= 0.6 is 11.8 Å². The molecule has 0 bridgehead atoms. The number of thioether (sulfide) groups is 1. The van der Waals surface area contributed by atoms with Crippen LogP contribution in [0.1, 0.15) is 55.6 Å². The summed E-state index contributed by atoms with van der Waals surface area (Å²) >= 11 is 1.42. The number of hydrogen-bond donors (Lipinski definition) is 0. The molecule has 1 aliphatic rings. The van der Waals surface area contributed by atoms with Crippen molar-refractivity contribution in [2.75, 3.05) is 12.9 Å². The van der Waals surface area contributed by atoms with Gasteiger partial charge in [0.05, 0.1) is 18.1 Å². The molecule has 0 aliphatic carbocycles. The number of nitrogens with zero attached hydrogens (tertiary/aromatic N) is 4. The van der Waals surface area contributed by atoms with E-state index in [1.54, 1.807) is 23.4 Å². The number of carbonyl (C=O) groups is 1. The van der Waals surface area contributed by atoms with Gasteiger partial charge < -0.3 is 8.99 Å². The van der Waals surface area contributed by atoms with Gasteiger partial charge in [-0.3, -0.25) is 9.69 Å². The van der Waals surface area contributed by atoms with E-state index in [4.69, 9.17) is 9.42 Å². The van der Waals surface area contributed by atoms with Gasteiger partial charge >= 0.3 is 0 Å². The fraction of sp³-hybridized carbons (Fsp3) is 0.244. The summed E-state index contributed by atoms with van der Waals surface area (Å²) in [7, 11) is -2.82. The zero-order valence-corrected chi connectivity index (χ0v) is 31.2. The Hall–Kier alpha value is -4.57. The molecule has 4 aromatic carbocycles. The molecule has 6 nitrogen and oxygen atoms in total. The molecule has 50 heavy (non-hydrogen) atoms. The average Bonchev–Trinajstić information content (AvgIpc) is 3.67. The smallest absolute Gasteiger partial charge is 0.279 e. The van der Waals surface area contributed by atoms with Crippen LogP contribution in [0.2, 0.25) is 5.04 Å². The van der Waals surface area contributed by atoms with E-state index < -0.39 is 14.4 Å². The second kappa shape index (κ2) is 14.7. The van der Waals surface area contributed by atoms with Crippen molar-refractivity contribution in [3.63, 3.8) is 0 Å². The molecular formula is C41H43FN4O2SSi. The molecule has 1 aliphatic heterocycles. The van der Waals surface area contributed by atoms with Crippen LogP contribution < -0.4 is 10.4 Å². The van der Waals surface area contributed by atoms with E-state index in [0.29, 0.717) is 23.9 Å². The van der Waals surface area contributed by atoms with E-state index >= 15 is 0 Å². The van der Waals surface area contributed by atoms with Gasteiger partial charge in [0, 0.05) is 18.5 Å². The highest BCUT2D eigenvalue weighted by atomic mass is 32.2. The fourth-order valence-corrected chi connectivity index (χ4v) is 12.1. The number of benzene rings is 4. The summed E-state index contributed by atoms with van der Waals surface area (Å²) in [4.78, 5) is 25.2. The van der Waals surface area contributed by atoms with Crippen LogP contribution in [0, 0.1) is 19.7 Å². The molecule has 1 amide bonds. The molecule has 0 saturated heterocycles. The first-order chi connectivity index (χ1) is 24.0. The van der Waals surface area contributed by atoms with Crippen molar-refractivity contribution < 1.29 is 13.6 Å². The van der Waals surface area contributed by atoms with E-state index in [1.807, 2.05) is 61.2 Å². The number of aliphatic imine (C=N–C) groups is 1. The molecule has 0 spiro atoms. The standard InChI is InChI=1S/C41H43FN4O2SSi/c1-29-25-31(17-22-37(29)45-27-30(2)43-28-45)26-36-39(47)46(40(44-36)49-6)38(32-18-20-33(42)21-19-32)23-24-48-50(41(3,4)5,34-13-9-7-10-14-34)35-15-11-8-12-16-35/h7-22,25-28,38H,23-24H2,1-6H3/b36-26-/t38-/m1/s1. The van der Waals surface area contributed by atoms with Crippen LogP contribution in [0.3, 0.4) is 0 Å². The molecule has 0 fully saturated rings. The number of hydrogen-bond acceptors (Lipinski definition) is 5. The molecule has 0 radical (unpaired) electrons. The molecule has 6 rings (SSSR count). The summed E-state index contributed by atoms with van der Waals surface area (Å²) in [5.74, 6) is -0.520. The molecule has 0 unspecified atom stereocenters. The predicted octanol–water partition coefficient (Wildman–Crippen LogP) is 8.24. The molecule has 1 aromatic heterocycles. The van der Waals surface area contributed by atoms with E-state index in [0.717, 1.165) is 28.1 Å². The quantitative estimate of drug-likeness (QED) is 0.109. The number of aryl methyl sites for hydroxylation is 2. The van der Waals surface area contributed by atoms with Crippen molar-refractivity contribution >= 4 is 47.6 Å². The minimum absolute atomic E-state index is 0.193. The lowest BCUT2D eigenvalue weighted by atomic mass is 10.0. The van der Waals surface area contributed by atoms with Gasteiger partial charge in [-0.15, -0.1) is 0 Å². The Morgan fingerprint density at radius 1 is 0.920 bits per heavy atom. The number of aromatic nitrogens is 2. The van der Waals surface area contributed by atoms with Crippen molar-refractivity contribution in [2.45, 2.75) is 52.1 Å². The summed E-state index contributed by atoms with van der Waals surface area (Å²) in [6.07, 6.45) is 8.05. The summed E-state index contributed by atoms with van der Waals surface area (Å²) in [5, 5.41) is 2.78. The van der Waals surface area contributed by atoms with Gasteiger partial charge in [-0.25, -0.2) is 14.4 Å². The fourth-order valence-electron chi connectivity index (χ4n) is 6.91. The lowest BCUT2D eigenvalue weighted by molar-refractivity contribution is -0.124. The van der Waals surface area contributed by atoms with Gasteiger partial charge in [-0.1, -0.05) is 111 Å². The van der Waals surface area contributed by atoms with E-state index in [9.17, 15) is 9.18 Å². The minimum Gasteiger partial charge on any atom is -0.407 e. The summed E-state index contributed by atoms with van der Waals surface area (Å²) in [5.41, 5.74) is 5.09. The van der Waals surface area contributed by atoms with Gasteiger partial charge in [-0.05, 0) is 89.0 Å². The van der Waals surface area contributed by atoms with Gasteiger partial charge in [0.25, 0.3) is 14.2 Å². The van der Waals surface area contributed by atoms with Crippen molar-refractivity contribution in [1.29, 1.82) is 0 Å². The van der Waals surface area contributed by atoms with Crippen LogP contribution in [0.5, 0.6) is 0 Å². The molecule has 2 heterocycles. The Kier molecular flexibility index (Phi) is 10.4. The number of amides is 1. The first kappa shape index (κ1) is 35.3. The van der Waals surface area contributed by atoms with Gasteiger partial charge in [0.1, 0.15) is 11.5 Å². The lowest BCUT2D eigenvalue weighted by Crippen LogP contribution is -2.66. The Labute approximate surface area is 299 Å². The highest BCUT2D eigenvalue weighted by molar-refractivity contribution is 8.13. The van der Waals surface area contributed by atoms with E-state index in [-0.39, 0.29) is 16.8 Å². The first-order valence-electron chi connectivity index (χ1n) is 16.8. The highest BCUT2D eigenvalue weighted by Gasteiger charge is 2.50. The second-order valence-corrected chi connectivity index (χ2v) is 18.7. The van der Waals surface area contributed by atoms with Crippen molar-refractivity contribution in [3.8, 4) is 5.69 Å². The third-order valence-electron chi connectivity index (χ3n) is 9.25. The topological polar surface area (TPSA) is 59.7 Å². The van der Waals surface area contributed by atoms with Crippen molar-refractivity contribution in [1.82, 2.24) is 14.5 Å². The Balaban J connectivity index is 1.33.